The molecule has 6 heteroatoms. The Morgan fingerprint density at radius 1 is 1.25 bits per heavy atom. The average molecular weight is 236 g/mol. The summed E-state index contributed by atoms with van der Waals surface area (Å²) in [5.74, 6) is 0. The summed E-state index contributed by atoms with van der Waals surface area (Å²) in [5.41, 5.74) is 0. The average Bonchev–Trinajstić information content (AvgIpc) is 2.79. The minimum absolute atomic E-state index is 0.0621. The van der Waals surface area contributed by atoms with Crippen LogP contribution in [-0.2, 0) is 9.47 Å². The van der Waals surface area contributed by atoms with Crippen LogP contribution in [0.15, 0.2) is 0 Å². The van der Waals surface area contributed by atoms with Crippen LogP contribution in [0.1, 0.15) is 12.8 Å². The second-order valence-corrected chi connectivity index (χ2v) is 3.98. The van der Waals surface area contributed by atoms with Crippen LogP contribution in [0.4, 0.5) is 0 Å². The molecule has 96 valence electrons. The van der Waals surface area contributed by atoms with Gasteiger partial charge in [-0.05, 0) is 12.8 Å². The molecule has 1 unspecified atom stereocenters. The van der Waals surface area contributed by atoms with Gasteiger partial charge in [-0.2, -0.15) is 0 Å². The van der Waals surface area contributed by atoms with Crippen molar-refractivity contribution in [3.8, 4) is 0 Å². The largest absolute Gasteiger partial charge is 0.394 e. The summed E-state index contributed by atoms with van der Waals surface area (Å²) >= 11 is 0. The lowest BCUT2D eigenvalue weighted by atomic mass is 10.1. The van der Waals surface area contributed by atoms with E-state index in [-0.39, 0.29) is 12.7 Å². The van der Waals surface area contributed by atoms with Crippen LogP contribution in [0.2, 0.25) is 0 Å². The molecule has 1 fully saturated rings. The Morgan fingerprint density at radius 2 is 2.00 bits per heavy atom. The zero-order valence-corrected chi connectivity index (χ0v) is 9.16. The molecular weight excluding hydrogens is 216 g/mol. The normalized spacial score (nSPS) is 26.6. The van der Waals surface area contributed by atoms with Gasteiger partial charge in [0.2, 0.25) is 0 Å². The molecule has 0 aromatic rings. The number of ether oxygens (including phenoxy) is 2. The number of aliphatic hydroxyl groups excluding tert-OH is 4. The van der Waals surface area contributed by atoms with Crippen molar-refractivity contribution in [1.82, 2.24) is 0 Å². The smallest absolute Gasteiger partial charge is 0.110 e. The molecule has 0 spiro atoms. The highest BCUT2D eigenvalue weighted by molar-refractivity contribution is 4.74. The van der Waals surface area contributed by atoms with Crippen LogP contribution < -0.4 is 0 Å². The van der Waals surface area contributed by atoms with Gasteiger partial charge in [0.25, 0.3) is 0 Å². The van der Waals surface area contributed by atoms with E-state index in [4.69, 9.17) is 19.7 Å². The van der Waals surface area contributed by atoms with Crippen molar-refractivity contribution in [1.29, 1.82) is 0 Å². The van der Waals surface area contributed by atoms with E-state index in [2.05, 4.69) is 0 Å². The fraction of sp³-hybridized carbons (Fsp3) is 1.00. The summed E-state index contributed by atoms with van der Waals surface area (Å²) in [7, 11) is 0. The fourth-order valence-electron chi connectivity index (χ4n) is 1.56. The van der Waals surface area contributed by atoms with Gasteiger partial charge in [-0.1, -0.05) is 0 Å². The summed E-state index contributed by atoms with van der Waals surface area (Å²) in [6, 6.07) is 0. The minimum atomic E-state index is -1.39. The van der Waals surface area contributed by atoms with Gasteiger partial charge in [-0.25, -0.2) is 0 Å². The molecule has 1 rings (SSSR count). The molecule has 0 saturated carbocycles. The van der Waals surface area contributed by atoms with Crippen LogP contribution in [0.3, 0.4) is 0 Å². The standard InChI is InChI=1S/C10H20O6/c11-4-8(12)10(14)9(13)6-15-5-7-2-1-3-16-7/h7-14H,1-6H2/t7?,8-,9+,10+/m1/s1. The molecule has 4 atom stereocenters. The monoisotopic (exact) mass is 236 g/mol. The Balaban J connectivity index is 2.11. The van der Waals surface area contributed by atoms with Crippen molar-refractivity contribution in [2.24, 2.45) is 0 Å². The molecule has 0 aliphatic carbocycles. The van der Waals surface area contributed by atoms with Gasteiger partial charge in [-0.3, -0.25) is 0 Å². The van der Waals surface area contributed by atoms with Gasteiger partial charge in [-0.15, -0.1) is 0 Å². The predicted molar refractivity (Wildman–Crippen MR) is 54.9 cm³/mol. The summed E-state index contributed by atoms with van der Waals surface area (Å²) in [6.45, 7) is 0.434. The minimum Gasteiger partial charge on any atom is -0.394 e. The maximum absolute atomic E-state index is 9.41. The highest BCUT2D eigenvalue weighted by atomic mass is 16.5. The highest BCUT2D eigenvalue weighted by Crippen LogP contribution is 2.12. The topological polar surface area (TPSA) is 99.4 Å². The van der Waals surface area contributed by atoms with Gasteiger partial charge in [0, 0.05) is 6.61 Å². The Labute approximate surface area is 94.4 Å². The third-order valence-electron chi connectivity index (χ3n) is 2.59. The molecule has 1 saturated heterocycles. The summed E-state index contributed by atoms with van der Waals surface area (Å²) in [5, 5.41) is 36.4. The molecule has 0 aromatic carbocycles. The van der Waals surface area contributed by atoms with Crippen molar-refractivity contribution in [2.75, 3.05) is 26.4 Å². The van der Waals surface area contributed by atoms with E-state index in [0.717, 1.165) is 19.4 Å². The van der Waals surface area contributed by atoms with Crippen LogP contribution in [-0.4, -0.2) is 71.3 Å². The number of aliphatic hydroxyl groups is 4. The molecule has 1 heterocycles. The van der Waals surface area contributed by atoms with E-state index < -0.39 is 24.9 Å². The van der Waals surface area contributed by atoms with Crippen molar-refractivity contribution < 1.29 is 29.9 Å². The Bertz CT molecular complexity index is 182. The second kappa shape index (κ2) is 7.16. The first-order valence-electron chi connectivity index (χ1n) is 5.49. The third-order valence-corrected chi connectivity index (χ3v) is 2.59. The molecule has 1 aliphatic heterocycles. The van der Waals surface area contributed by atoms with Crippen molar-refractivity contribution in [3.05, 3.63) is 0 Å². The van der Waals surface area contributed by atoms with Crippen molar-refractivity contribution >= 4 is 0 Å². The second-order valence-electron chi connectivity index (χ2n) is 3.98. The summed E-state index contributed by atoms with van der Waals surface area (Å²) < 4.78 is 10.5. The van der Waals surface area contributed by atoms with E-state index >= 15 is 0 Å². The van der Waals surface area contributed by atoms with E-state index in [1.807, 2.05) is 0 Å². The van der Waals surface area contributed by atoms with Crippen LogP contribution in [0.25, 0.3) is 0 Å². The lowest BCUT2D eigenvalue weighted by molar-refractivity contribution is -0.106. The molecule has 4 N–H and O–H groups in total. The van der Waals surface area contributed by atoms with Gasteiger partial charge in [0.1, 0.15) is 18.3 Å². The molecule has 0 amide bonds. The third kappa shape index (κ3) is 4.32. The van der Waals surface area contributed by atoms with Gasteiger partial charge < -0.3 is 29.9 Å². The fourth-order valence-corrected chi connectivity index (χ4v) is 1.56. The zero-order valence-electron chi connectivity index (χ0n) is 9.16. The molecule has 1 aliphatic rings. The first kappa shape index (κ1) is 13.8. The van der Waals surface area contributed by atoms with E-state index in [1.54, 1.807) is 0 Å². The Morgan fingerprint density at radius 3 is 2.56 bits per heavy atom. The Hall–Kier alpha value is -0.240. The zero-order chi connectivity index (χ0) is 12.0. The first-order chi connectivity index (χ1) is 7.65. The van der Waals surface area contributed by atoms with E-state index in [1.165, 1.54) is 0 Å². The Kier molecular flexibility index (Phi) is 6.18. The van der Waals surface area contributed by atoms with Crippen molar-refractivity contribution in [3.63, 3.8) is 0 Å². The molecule has 16 heavy (non-hydrogen) atoms. The van der Waals surface area contributed by atoms with Crippen molar-refractivity contribution in [2.45, 2.75) is 37.3 Å². The van der Waals surface area contributed by atoms with Crippen LogP contribution >= 0.6 is 0 Å². The maximum Gasteiger partial charge on any atom is 0.110 e. The van der Waals surface area contributed by atoms with Gasteiger partial charge >= 0.3 is 0 Å². The quantitative estimate of drug-likeness (QED) is 0.419. The molecular formula is C10H20O6. The summed E-state index contributed by atoms with van der Waals surface area (Å²) in [6.07, 6.45) is -1.92. The lowest BCUT2D eigenvalue weighted by Gasteiger charge is -2.21. The molecule has 0 bridgehead atoms. The highest BCUT2D eigenvalue weighted by Gasteiger charge is 2.24. The molecule has 0 radical (unpaired) electrons. The number of hydrogen-bond acceptors (Lipinski definition) is 6. The molecule has 6 nitrogen and oxygen atoms in total. The van der Waals surface area contributed by atoms with Crippen LogP contribution in [0, 0.1) is 0 Å². The van der Waals surface area contributed by atoms with E-state index in [9.17, 15) is 10.2 Å². The number of rotatable bonds is 7. The van der Waals surface area contributed by atoms with Gasteiger partial charge in [0.05, 0.1) is 25.9 Å². The predicted octanol–water partition coefficient (Wildman–Crippen LogP) is -1.74. The SMILES string of the molecule is OC[C@@H](O)[C@H](O)[C@@H](O)COCC1CCCO1. The summed E-state index contributed by atoms with van der Waals surface area (Å²) in [4.78, 5) is 0. The number of hydrogen-bond donors (Lipinski definition) is 4. The maximum atomic E-state index is 9.41. The first-order valence-corrected chi connectivity index (χ1v) is 5.49. The molecule has 0 aromatic heterocycles. The lowest BCUT2D eigenvalue weighted by Crippen LogP contribution is -2.42. The van der Waals surface area contributed by atoms with Gasteiger partial charge in [0.15, 0.2) is 0 Å². The van der Waals surface area contributed by atoms with E-state index in [0.29, 0.717) is 6.61 Å². The van der Waals surface area contributed by atoms with Crippen LogP contribution in [0.5, 0.6) is 0 Å².